The Balaban J connectivity index is 2.06. The Hall–Kier alpha value is -0.120. The molecule has 0 radical (unpaired) electrons. The Morgan fingerprint density at radius 2 is 2.19 bits per heavy atom. The molecule has 0 saturated carbocycles. The van der Waals surface area contributed by atoms with Crippen LogP contribution in [-0.4, -0.2) is 44.7 Å². The average Bonchev–Trinajstić information content (AvgIpc) is 2.25. The van der Waals surface area contributed by atoms with Gasteiger partial charge in [-0.05, 0) is 57.3 Å². The summed E-state index contributed by atoms with van der Waals surface area (Å²) in [5.41, 5.74) is 5.94. The summed E-state index contributed by atoms with van der Waals surface area (Å²) < 4.78 is 0. The molecular formula is C13H29N3. The summed E-state index contributed by atoms with van der Waals surface area (Å²) in [7, 11) is 2.23. The second-order valence-corrected chi connectivity index (χ2v) is 6.10. The second kappa shape index (κ2) is 6.58. The SMILES string of the molecule is CN1CCCC(CCNCC(C)(C)CN)C1. The van der Waals surface area contributed by atoms with Gasteiger partial charge in [0.1, 0.15) is 0 Å². The van der Waals surface area contributed by atoms with E-state index in [1.165, 1.54) is 32.4 Å². The normalized spacial score (nSPS) is 23.6. The minimum Gasteiger partial charge on any atom is -0.330 e. The lowest BCUT2D eigenvalue weighted by Crippen LogP contribution is -2.37. The van der Waals surface area contributed by atoms with E-state index in [9.17, 15) is 0 Å². The Bertz CT molecular complexity index is 192. The van der Waals surface area contributed by atoms with Crippen LogP contribution in [0.1, 0.15) is 33.1 Å². The average molecular weight is 227 g/mol. The van der Waals surface area contributed by atoms with Gasteiger partial charge in [-0.25, -0.2) is 0 Å². The number of hydrogen-bond acceptors (Lipinski definition) is 3. The molecule has 1 fully saturated rings. The molecule has 0 amide bonds. The Morgan fingerprint density at radius 1 is 1.44 bits per heavy atom. The fourth-order valence-corrected chi connectivity index (χ4v) is 2.31. The summed E-state index contributed by atoms with van der Waals surface area (Å²) in [6, 6.07) is 0. The number of nitrogens with two attached hydrogens (primary N) is 1. The highest BCUT2D eigenvalue weighted by Gasteiger charge is 2.18. The van der Waals surface area contributed by atoms with Crippen molar-refractivity contribution in [3.8, 4) is 0 Å². The molecule has 0 aromatic rings. The van der Waals surface area contributed by atoms with E-state index >= 15 is 0 Å². The van der Waals surface area contributed by atoms with Gasteiger partial charge in [-0.1, -0.05) is 13.8 Å². The minimum absolute atomic E-state index is 0.239. The van der Waals surface area contributed by atoms with Crippen molar-refractivity contribution in [1.82, 2.24) is 10.2 Å². The van der Waals surface area contributed by atoms with Crippen molar-refractivity contribution in [2.24, 2.45) is 17.1 Å². The molecule has 16 heavy (non-hydrogen) atoms. The van der Waals surface area contributed by atoms with E-state index < -0.39 is 0 Å². The van der Waals surface area contributed by atoms with Crippen LogP contribution in [0.15, 0.2) is 0 Å². The molecule has 1 saturated heterocycles. The predicted molar refractivity (Wildman–Crippen MR) is 70.5 cm³/mol. The van der Waals surface area contributed by atoms with Gasteiger partial charge in [0.05, 0.1) is 0 Å². The number of nitrogens with one attached hydrogen (secondary N) is 1. The maximum absolute atomic E-state index is 5.70. The van der Waals surface area contributed by atoms with Crippen LogP contribution in [-0.2, 0) is 0 Å². The molecule has 3 nitrogen and oxygen atoms in total. The fourth-order valence-electron chi connectivity index (χ4n) is 2.31. The fraction of sp³-hybridized carbons (Fsp3) is 1.00. The third-order valence-corrected chi connectivity index (χ3v) is 3.61. The van der Waals surface area contributed by atoms with Gasteiger partial charge in [-0.3, -0.25) is 0 Å². The quantitative estimate of drug-likeness (QED) is 0.672. The van der Waals surface area contributed by atoms with Crippen LogP contribution >= 0.6 is 0 Å². The zero-order valence-corrected chi connectivity index (χ0v) is 11.3. The molecule has 1 aliphatic heterocycles. The molecule has 0 spiro atoms. The molecule has 3 heteroatoms. The zero-order chi connectivity index (χ0) is 12.0. The van der Waals surface area contributed by atoms with E-state index in [2.05, 4.69) is 31.1 Å². The maximum atomic E-state index is 5.70. The molecule has 1 heterocycles. The van der Waals surface area contributed by atoms with Crippen LogP contribution in [0.3, 0.4) is 0 Å². The molecule has 1 atom stereocenters. The molecule has 0 aliphatic carbocycles. The predicted octanol–water partition coefficient (Wildman–Crippen LogP) is 1.29. The second-order valence-electron chi connectivity index (χ2n) is 6.10. The van der Waals surface area contributed by atoms with Crippen LogP contribution in [0.25, 0.3) is 0 Å². The molecule has 1 unspecified atom stereocenters. The van der Waals surface area contributed by atoms with Gasteiger partial charge in [-0.2, -0.15) is 0 Å². The first-order valence-corrected chi connectivity index (χ1v) is 6.63. The number of hydrogen-bond donors (Lipinski definition) is 2. The zero-order valence-electron chi connectivity index (χ0n) is 11.3. The van der Waals surface area contributed by atoms with Gasteiger partial charge in [-0.15, -0.1) is 0 Å². The molecule has 1 aliphatic rings. The maximum Gasteiger partial charge on any atom is 0.00146 e. The highest BCUT2D eigenvalue weighted by molar-refractivity contribution is 4.74. The molecule has 0 bridgehead atoms. The van der Waals surface area contributed by atoms with E-state index in [4.69, 9.17) is 5.73 Å². The summed E-state index contributed by atoms with van der Waals surface area (Å²) in [6.45, 7) is 9.93. The number of piperidine rings is 1. The lowest BCUT2D eigenvalue weighted by atomic mass is 9.93. The van der Waals surface area contributed by atoms with Gasteiger partial charge in [0.15, 0.2) is 0 Å². The first-order valence-electron chi connectivity index (χ1n) is 6.63. The number of likely N-dealkylation sites (tertiary alicyclic amines) is 1. The summed E-state index contributed by atoms with van der Waals surface area (Å²) in [5, 5.41) is 3.54. The van der Waals surface area contributed by atoms with Crippen molar-refractivity contribution in [2.75, 3.05) is 39.8 Å². The van der Waals surface area contributed by atoms with E-state index in [0.29, 0.717) is 0 Å². The molecule has 3 N–H and O–H groups in total. The van der Waals surface area contributed by atoms with Crippen LogP contribution in [0.2, 0.25) is 0 Å². The Morgan fingerprint density at radius 3 is 2.81 bits per heavy atom. The third kappa shape index (κ3) is 5.28. The number of nitrogens with zero attached hydrogens (tertiary/aromatic N) is 1. The van der Waals surface area contributed by atoms with Gasteiger partial charge >= 0.3 is 0 Å². The van der Waals surface area contributed by atoms with Crippen LogP contribution in [0, 0.1) is 11.3 Å². The van der Waals surface area contributed by atoms with E-state index in [-0.39, 0.29) is 5.41 Å². The first kappa shape index (κ1) is 13.9. The largest absolute Gasteiger partial charge is 0.330 e. The summed E-state index contributed by atoms with van der Waals surface area (Å²) in [6.07, 6.45) is 4.09. The van der Waals surface area contributed by atoms with E-state index in [0.717, 1.165) is 25.6 Å². The molecule has 1 rings (SSSR count). The first-order chi connectivity index (χ1) is 7.53. The van der Waals surface area contributed by atoms with Gasteiger partial charge in [0, 0.05) is 13.1 Å². The molecular weight excluding hydrogens is 198 g/mol. The summed E-state index contributed by atoms with van der Waals surface area (Å²) >= 11 is 0. The van der Waals surface area contributed by atoms with Crippen molar-refractivity contribution >= 4 is 0 Å². The van der Waals surface area contributed by atoms with Crippen molar-refractivity contribution in [3.63, 3.8) is 0 Å². The highest BCUT2D eigenvalue weighted by Crippen LogP contribution is 2.18. The lowest BCUT2D eigenvalue weighted by Gasteiger charge is -2.30. The molecule has 0 aromatic carbocycles. The third-order valence-electron chi connectivity index (χ3n) is 3.61. The van der Waals surface area contributed by atoms with Crippen molar-refractivity contribution in [3.05, 3.63) is 0 Å². The number of rotatable bonds is 6. The van der Waals surface area contributed by atoms with Crippen LogP contribution in [0.5, 0.6) is 0 Å². The van der Waals surface area contributed by atoms with Crippen molar-refractivity contribution < 1.29 is 0 Å². The van der Waals surface area contributed by atoms with Crippen molar-refractivity contribution in [2.45, 2.75) is 33.1 Å². The van der Waals surface area contributed by atoms with E-state index in [1.807, 2.05) is 0 Å². The standard InChI is InChI=1S/C13H29N3/c1-13(2,10-14)11-15-7-6-12-5-4-8-16(3)9-12/h12,15H,4-11,14H2,1-3H3. The topological polar surface area (TPSA) is 41.3 Å². The van der Waals surface area contributed by atoms with E-state index in [1.54, 1.807) is 0 Å². The van der Waals surface area contributed by atoms with Crippen molar-refractivity contribution in [1.29, 1.82) is 0 Å². The lowest BCUT2D eigenvalue weighted by molar-refractivity contribution is 0.200. The van der Waals surface area contributed by atoms with Gasteiger partial charge in [0.2, 0.25) is 0 Å². The monoisotopic (exact) mass is 227 g/mol. The van der Waals surface area contributed by atoms with Gasteiger partial charge < -0.3 is 16.0 Å². The van der Waals surface area contributed by atoms with Crippen LogP contribution < -0.4 is 11.1 Å². The van der Waals surface area contributed by atoms with Gasteiger partial charge in [0.25, 0.3) is 0 Å². The highest BCUT2D eigenvalue weighted by atomic mass is 15.1. The smallest absolute Gasteiger partial charge is 0.00146 e. The molecule has 96 valence electrons. The minimum atomic E-state index is 0.239. The van der Waals surface area contributed by atoms with Crippen LogP contribution in [0.4, 0.5) is 0 Å². The Kier molecular flexibility index (Phi) is 5.73. The Labute approximate surface area is 101 Å². The summed E-state index contributed by atoms with van der Waals surface area (Å²) in [4.78, 5) is 2.46. The summed E-state index contributed by atoms with van der Waals surface area (Å²) in [5.74, 6) is 0.896. The molecule has 0 aromatic heterocycles.